The van der Waals surface area contributed by atoms with Crippen LogP contribution in [0.5, 0.6) is 0 Å². The van der Waals surface area contributed by atoms with E-state index in [1.54, 1.807) is 0 Å². The molecule has 0 fully saturated rings. The maximum atomic E-state index is 5.93. The Morgan fingerprint density at radius 2 is 1.47 bits per heavy atom. The average Bonchev–Trinajstić information content (AvgIpc) is 2.34. The molecule has 2 aromatic rings. The van der Waals surface area contributed by atoms with Crippen LogP contribution in [0.4, 0.5) is 11.4 Å². The van der Waals surface area contributed by atoms with Crippen molar-refractivity contribution in [2.75, 3.05) is 23.7 Å². The number of nitrogens with one attached hydrogen (secondary N) is 2. The summed E-state index contributed by atoms with van der Waals surface area (Å²) in [7, 11) is 0. The molecule has 0 atom stereocenters. The summed E-state index contributed by atoms with van der Waals surface area (Å²) >= 11 is 5.93. The summed E-state index contributed by atoms with van der Waals surface area (Å²) < 4.78 is 0. The van der Waals surface area contributed by atoms with E-state index in [-0.39, 0.29) is 0 Å². The number of rotatable bonds is 5. The Bertz CT molecular complexity index is 532. The van der Waals surface area contributed by atoms with Crippen LogP contribution in [-0.2, 0) is 0 Å². The summed E-state index contributed by atoms with van der Waals surface area (Å²) in [4.78, 5) is 0. The van der Waals surface area contributed by atoms with Crippen molar-refractivity contribution < 1.29 is 0 Å². The fraction of sp³-hybridized carbons (Fsp3) is 0.250. The molecule has 3 heteroatoms. The lowest BCUT2D eigenvalue weighted by Gasteiger charge is -2.10. The van der Waals surface area contributed by atoms with Crippen molar-refractivity contribution in [1.29, 1.82) is 0 Å². The molecule has 0 heterocycles. The first-order chi connectivity index (χ1) is 9.13. The van der Waals surface area contributed by atoms with Gasteiger partial charge in [-0.05, 0) is 55.3 Å². The molecule has 0 amide bonds. The predicted octanol–water partition coefficient (Wildman–Crippen LogP) is 4.48. The zero-order valence-corrected chi connectivity index (χ0v) is 12.1. The molecule has 0 radical (unpaired) electrons. The van der Waals surface area contributed by atoms with Crippen LogP contribution in [0.1, 0.15) is 11.1 Å². The second-order valence-corrected chi connectivity index (χ2v) is 5.18. The summed E-state index contributed by atoms with van der Waals surface area (Å²) in [6, 6.07) is 14.3. The van der Waals surface area contributed by atoms with Crippen LogP contribution in [0.15, 0.2) is 42.5 Å². The normalized spacial score (nSPS) is 10.3. The Morgan fingerprint density at radius 1 is 0.842 bits per heavy atom. The van der Waals surface area contributed by atoms with Gasteiger partial charge >= 0.3 is 0 Å². The highest BCUT2D eigenvalue weighted by Crippen LogP contribution is 2.15. The van der Waals surface area contributed by atoms with E-state index in [9.17, 15) is 0 Å². The molecule has 2 N–H and O–H groups in total. The smallest absolute Gasteiger partial charge is 0.0426 e. The first kappa shape index (κ1) is 13.8. The Labute approximate surface area is 119 Å². The highest BCUT2D eigenvalue weighted by atomic mass is 35.5. The number of aryl methyl sites for hydroxylation is 2. The summed E-state index contributed by atoms with van der Waals surface area (Å²) in [6.45, 7) is 5.95. The van der Waals surface area contributed by atoms with Crippen molar-refractivity contribution in [1.82, 2.24) is 0 Å². The Morgan fingerprint density at radius 3 is 2.11 bits per heavy atom. The van der Waals surface area contributed by atoms with Gasteiger partial charge in [-0.2, -0.15) is 0 Å². The highest BCUT2D eigenvalue weighted by molar-refractivity contribution is 6.30. The molecule has 100 valence electrons. The largest absolute Gasteiger partial charge is 0.383 e. The van der Waals surface area contributed by atoms with Crippen molar-refractivity contribution >= 4 is 23.0 Å². The predicted molar refractivity (Wildman–Crippen MR) is 84.3 cm³/mol. The first-order valence-electron chi connectivity index (χ1n) is 6.45. The van der Waals surface area contributed by atoms with E-state index >= 15 is 0 Å². The van der Waals surface area contributed by atoms with Crippen LogP contribution in [0.3, 0.4) is 0 Å². The van der Waals surface area contributed by atoms with Crippen LogP contribution < -0.4 is 10.6 Å². The van der Waals surface area contributed by atoms with Crippen LogP contribution in [0, 0.1) is 13.8 Å². The van der Waals surface area contributed by atoms with E-state index in [4.69, 9.17) is 11.6 Å². The van der Waals surface area contributed by atoms with Crippen molar-refractivity contribution in [3.8, 4) is 0 Å². The molecule has 0 aromatic heterocycles. The van der Waals surface area contributed by atoms with E-state index in [0.29, 0.717) is 0 Å². The van der Waals surface area contributed by atoms with Gasteiger partial charge in [0.25, 0.3) is 0 Å². The van der Waals surface area contributed by atoms with Gasteiger partial charge in [0.05, 0.1) is 0 Å². The van der Waals surface area contributed by atoms with Gasteiger partial charge in [0, 0.05) is 29.5 Å². The molecule has 0 aliphatic heterocycles. The fourth-order valence-electron chi connectivity index (χ4n) is 2.09. The minimum Gasteiger partial charge on any atom is -0.383 e. The monoisotopic (exact) mass is 274 g/mol. The number of halogens is 1. The van der Waals surface area contributed by atoms with Crippen LogP contribution in [0.25, 0.3) is 0 Å². The molecule has 19 heavy (non-hydrogen) atoms. The quantitative estimate of drug-likeness (QED) is 0.786. The van der Waals surface area contributed by atoms with Crippen LogP contribution >= 0.6 is 11.6 Å². The lowest BCUT2D eigenvalue weighted by atomic mass is 10.1. The number of anilines is 2. The van der Waals surface area contributed by atoms with E-state index in [2.05, 4.69) is 42.7 Å². The molecule has 0 saturated carbocycles. The van der Waals surface area contributed by atoms with Gasteiger partial charge in [-0.3, -0.25) is 0 Å². The van der Waals surface area contributed by atoms with Gasteiger partial charge in [0.1, 0.15) is 0 Å². The van der Waals surface area contributed by atoms with Crippen molar-refractivity contribution in [2.45, 2.75) is 13.8 Å². The van der Waals surface area contributed by atoms with Gasteiger partial charge in [-0.25, -0.2) is 0 Å². The molecule has 0 aliphatic carbocycles. The van der Waals surface area contributed by atoms with E-state index in [1.807, 2.05) is 24.3 Å². The molecule has 2 nitrogen and oxygen atoms in total. The minimum atomic E-state index is 0.757. The molecule has 2 rings (SSSR count). The third kappa shape index (κ3) is 4.49. The maximum Gasteiger partial charge on any atom is 0.0426 e. The third-order valence-electron chi connectivity index (χ3n) is 2.83. The molecule has 0 bridgehead atoms. The maximum absolute atomic E-state index is 5.93. The summed E-state index contributed by atoms with van der Waals surface area (Å²) in [5.74, 6) is 0. The molecule has 2 aromatic carbocycles. The second kappa shape index (κ2) is 6.48. The molecular weight excluding hydrogens is 256 g/mol. The zero-order valence-electron chi connectivity index (χ0n) is 11.3. The van der Waals surface area contributed by atoms with Gasteiger partial charge in [-0.15, -0.1) is 0 Å². The van der Waals surface area contributed by atoms with Gasteiger partial charge in [-0.1, -0.05) is 23.7 Å². The van der Waals surface area contributed by atoms with Crippen LogP contribution in [0.2, 0.25) is 5.02 Å². The van der Waals surface area contributed by atoms with Crippen molar-refractivity contribution in [2.24, 2.45) is 0 Å². The first-order valence-corrected chi connectivity index (χ1v) is 6.83. The third-order valence-corrected chi connectivity index (χ3v) is 3.06. The van der Waals surface area contributed by atoms with Crippen molar-refractivity contribution in [3.63, 3.8) is 0 Å². The summed E-state index contributed by atoms with van der Waals surface area (Å²) in [6.07, 6.45) is 0. The zero-order chi connectivity index (χ0) is 13.7. The number of hydrogen-bond acceptors (Lipinski definition) is 2. The highest BCUT2D eigenvalue weighted by Gasteiger charge is 1.96. The molecule has 0 aliphatic rings. The van der Waals surface area contributed by atoms with Gasteiger partial charge in [0.15, 0.2) is 0 Å². The molecular formula is C16H19ClN2. The Balaban J connectivity index is 1.80. The summed E-state index contributed by atoms with van der Waals surface area (Å²) in [5, 5.41) is 7.51. The SMILES string of the molecule is Cc1cc(C)cc(NCCNc2cccc(Cl)c2)c1. The Kier molecular flexibility index (Phi) is 4.69. The van der Waals surface area contributed by atoms with E-state index in [1.165, 1.54) is 16.8 Å². The topological polar surface area (TPSA) is 24.1 Å². The van der Waals surface area contributed by atoms with Crippen LogP contribution in [-0.4, -0.2) is 13.1 Å². The van der Waals surface area contributed by atoms with Gasteiger partial charge in [0.2, 0.25) is 0 Å². The lowest BCUT2D eigenvalue weighted by molar-refractivity contribution is 1.08. The van der Waals surface area contributed by atoms with Gasteiger partial charge < -0.3 is 10.6 Å². The molecule has 0 unspecified atom stereocenters. The lowest BCUT2D eigenvalue weighted by Crippen LogP contribution is -2.13. The number of benzene rings is 2. The van der Waals surface area contributed by atoms with E-state index in [0.717, 1.165) is 23.8 Å². The molecule has 0 spiro atoms. The minimum absolute atomic E-state index is 0.757. The van der Waals surface area contributed by atoms with E-state index < -0.39 is 0 Å². The average molecular weight is 275 g/mol. The fourth-order valence-corrected chi connectivity index (χ4v) is 2.28. The standard InChI is InChI=1S/C16H19ClN2/c1-12-8-13(2)10-16(9-12)19-7-6-18-15-5-3-4-14(17)11-15/h3-5,8-11,18-19H,6-7H2,1-2H3. The second-order valence-electron chi connectivity index (χ2n) is 4.74. The summed E-state index contributed by atoms with van der Waals surface area (Å²) in [5.41, 5.74) is 4.79. The molecule has 0 saturated heterocycles. The Hall–Kier alpha value is -1.67. The van der Waals surface area contributed by atoms with Crippen molar-refractivity contribution in [3.05, 3.63) is 58.6 Å². The number of hydrogen-bond donors (Lipinski definition) is 2.